The van der Waals surface area contributed by atoms with E-state index >= 15 is 0 Å². The van der Waals surface area contributed by atoms with Gasteiger partial charge in [-0.2, -0.15) is 0 Å². The lowest BCUT2D eigenvalue weighted by Crippen LogP contribution is -2.70. The molecule has 1 saturated carbocycles. The fourth-order valence-corrected chi connectivity index (χ4v) is 11.1. The highest BCUT2D eigenvalue weighted by atomic mass is 28.3. The van der Waals surface area contributed by atoms with Crippen molar-refractivity contribution >= 4 is 23.6 Å². The third-order valence-electron chi connectivity index (χ3n) is 6.05. The monoisotopic (exact) mass is 340 g/mol. The van der Waals surface area contributed by atoms with Gasteiger partial charge in [0, 0.05) is 0 Å². The van der Waals surface area contributed by atoms with Gasteiger partial charge in [-0.3, -0.25) is 0 Å². The predicted molar refractivity (Wildman–Crippen MR) is 111 cm³/mol. The molecular formula is C24H24Si. The number of benzene rings is 3. The molecule has 2 unspecified atom stereocenters. The molecule has 1 fully saturated rings. The molecule has 0 heterocycles. The van der Waals surface area contributed by atoms with Gasteiger partial charge in [-0.05, 0) is 32.9 Å². The second kappa shape index (κ2) is 6.16. The van der Waals surface area contributed by atoms with Gasteiger partial charge in [0.05, 0.1) is 0 Å². The molecule has 0 saturated heterocycles. The van der Waals surface area contributed by atoms with Gasteiger partial charge in [-0.1, -0.05) is 104 Å². The molecular weight excluding hydrogens is 316 g/mol. The van der Waals surface area contributed by atoms with Crippen LogP contribution in [-0.4, -0.2) is 8.07 Å². The number of rotatable bonds is 5. The van der Waals surface area contributed by atoms with Crippen LogP contribution < -0.4 is 15.6 Å². The van der Waals surface area contributed by atoms with Crippen LogP contribution in [0.3, 0.4) is 0 Å². The van der Waals surface area contributed by atoms with Crippen molar-refractivity contribution in [3.8, 4) is 0 Å². The predicted octanol–water partition coefficient (Wildman–Crippen LogP) is 4.12. The largest absolute Gasteiger partial charge is 0.158 e. The summed E-state index contributed by atoms with van der Waals surface area (Å²) in [4.78, 5) is 0. The Kier molecular flexibility index (Phi) is 3.97. The van der Waals surface area contributed by atoms with Crippen molar-refractivity contribution < 1.29 is 0 Å². The number of hydrogen-bond donors (Lipinski definition) is 0. The van der Waals surface area contributed by atoms with Crippen LogP contribution in [0.5, 0.6) is 0 Å². The highest BCUT2D eigenvalue weighted by Crippen LogP contribution is 2.65. The van der Waals surface area contributed by atoms with Gasteiger partial charge in [0.15, 0.2) is 8.07 Å². The third kappa shape index (κ3) is 2.26. The van der Waals surface area contributed by atoms with E-state index in [1.807, 2.05) is 0 Å². The maximum atomic E-state index is 4.32. The van der Waals surface area contributed by atoms with Crippen LogP contribution in [0.4, 0.5) is 0 Å². The van der Waals surface area contributed by atoms with Crippen LogP contribution in [0, 0.1) is 5.92 Å². The fraction of sp³-hybridized carbons (Fsp3) is 0.167. The maximum Gasteiger partial charge on any atom is 0.158 e. The first-order valence-corrected chi connectivity index (χ1v) is 11.1. The summed E-state index contributed by atoms with van der Waals surface area (Å²) in [5.74, 6) is 0.664. The first-order chi connectivity index (χ1) is 12.3. The molecule has 1 aliphatic carbocycles. The smallest absolute Gasteiger partial charge is 0.103 e. The summed E-state index contributed by atoms with van der Waals surface area (Å²) in [6.45, 7) is 6.71. The van der Waals surface area contributed by atoms with E-state index in [0.717, 1.165) is 0 Å². The van der Waals surface area contributed by atoms with Crippen LogP contribution in [0.25, 0.3) is 0 Å². The molecule has 3 aromatic carbocycles. The average Bonchev–Trinajstić information content (AvgIpc) is 3.36. The highest BCUT2D eigenvalue weighted by Gasteiger charge is 2.66. The Morgan fingerprint density at radius 1 is 0.760 bits per heavy atom. The summed E-state index contributed by atoms with van der Waals surface area (Å²) in [5, 5.41) is 4.63. The van der Waals surface area contributed by atoms with E-state index in [-0.39, 0.29) is 5.04 Å². The van der Waals surface area contributed by atoms with E-state index in [9.17, 15) is 0 Å². The van der Waals surface area contributed by atoms with Gasteiger partial charge < -0.3 is 0 Å². The van der Waals surface area contributed by atoms with Crippen LogP contribution >= 0.6 is 0 Å². The zero-order valence-electron chi connectivity index (χ0n) is 14.7. The molecule has 4 rings (SSSR count). The molecule has 0 aliphatic heterocycles. The molecule has 0 nitrogen and oxygen atoms in total. The molecule has 0 bridgehead atoms. The normalized spacial score (nSPS) is 22.4. The Morgan fingerprint density at radius 3 is 1.32 bits per heavy atom. The summed E-state index contributed by atoms with van der Waals surface area (Å²) in [6.07, 6.45) is 3.50. The molecule has 0 radical (unpaired) electrons. The lowest BCUT2D eigenvalue weighted by Gasteiger charge is -2.40. The molecule has 0 N–H and O–H groups in total. The Balaban J connectivity index is 2.12. The van der Waals surface area contributed by atoms with Crippen LogP contribution in [-0.2, 0) is 0 Å². The van der Waals surface area contributed by atoms with Gasteiger partial charge in [-0.15, -0.1) is 6.58 Å². The van der Waals surface area contributed by atoms with E-state index < -0.39 is 8.07 Å². The van der Waals surface area contributed by atoms with Crippen LogP contribution in [0.2, 0.25) is 5.04 Å². The van der Waals surface area contributed by atoms with Crippen LogP contribution in [0.1, 0.15) is 13.3 Å². The van der Waals surface area contributed by atoms with Crippen molar-refractivity contribution in [2.45, 2.75) is 18.4 Å². The SMILES string of the molecule is C=CC1([Si](c2ccccc2)(c2ccccc2)c2ccccc2)CC1C. The Morgan fingerprint density at radius 2 is 1.08 bits per heavy atom. The molecule has 0 amide bonds. The highest BCUT2D eigenvalue weighted by molar-refractivity contribution is 7.14. The molecule has 1 heteroatoms. The summed E-state index contributed by atoms with van der Waals surface area (Å²) in [7, 11) is -2.22. The minimum absolute atomic E-state index is 0.178. The lowest BCUT2D eigenvalue weighted by atomic mass is 10.3. The van der Waals surface area contributed by atoms with Crippen molar-refractivity contribution in [2.24, 2.45) is 5.92 Å². The van der Waals surface area contributed by atoms with Crippen molar-refractivity contribution in [1.82, 2.24) is 0 Å². The Bertz CT molecular complexity index is 758. The summed E-state index contributed by atoms with van der Waals surface area (Å²) < 4.78 is 0. The number of allylic oxidation sites excluding steroid dienone is 1. The summed E-state index contributed by atoms with van der Waals surface area (Å²) >= 11 is 0. The van der Waals surface area contributed by atoms with E-state index in [2.05, 4.69) is 111 Å². The first kappa shape index (κ1) is 16.1. The van der Waals surface area contributed by atoms with Crippen molar-refractivity contribution in [2.75, 3.05) is 0 Å². The zero-order chi connectivity index (χ0) is 17.3. The van der Waals surface area contributed by atoms with Gasteiger partial charge in [-0.25, -0.2) is 0 Å². The summed E-state index contributed by atoms with van der Waals surface area (Å²) in [5.41, 5.74) is 0. The topological polar surface area (TPSA) is 0 Å². The quantitative estimate of drug-likeness (QED) is 0.372. The Labute approximate surface area is 151 Å². The van der Waals surface area contributed by atoms with E-state index in [4.69, 9.17) is 0 Å². The molecule has 0 spiro atoms. The van der Waals surface area contributed by atoms with E-state index in [1.54, 1.807) is 0 Å². The minimum atomic E-state index is -2.22. The van der Waals surface area contributed by atoms with Gasteiger partial charge in [0.25, 0.3) is 0 Å². The number of hydrogen-bond acceptors (Lipinski definition) is 0. The molecule has 3 aromatic rings. The van der Waals surface area contributed by atoms with Crippen molar-refractivity contribution in [1.29, 1.82) is 0 Å². The third-order valence-corrected chi connectivity index (χ3v) is 11.9. The Hall–Kier alpha value is -2.38. The van der Waals surface area contributed by atoms with E-state index in [0.29, 0.717) is 5.92 Å². The fourth-order valence-electron chi connectivity index (χ4n) is 4.78. The zero-order valence-corrected chi connectivity index (χ0v) is 15.7. The average molecular weight is 341 g/mol. The lowest BCUT2D eigenvalue weighted by molar-refractivity contribution is 0.897. The standard InChI is InChI=1S/C24H24Si/c1-3-24(19-20(24)2)25(21-13-7-4-8-14-21,22-15-9-5-10-16-22)23-17-11-6-12-18-23/h3-18,20H,1,19H2,2H3. The van der Waals surface area contributed by atoms with E-state index in [1.165, 1.54) is 22.0 Å². The molecule has 25 heavy (non-hydrogen) atoms. The second-order valence-corrected chi connectivity index (χ2v) is 11.4. The van der Waals surface area contributed by atoms with Crippen LogP contribution in [0.15, 0.2) is 104 Å². The molecule has 2 atom stereocenters. The maximum absolute atomic E-state index is 4.32. The minimum Gasteiger partial charge on any atom is -0.103 e. The second-order valence-electron chi connectivity index (χ2n) is 7.20. The first-order valence-electron chi connectivity index (χ1n) is 9.06. The molecule has 0 aromatic heterocycles. The van der Waals surface area contributed by atoms with Crippen molar-refractivity contribution in [3.05, 3.63) is 104 Å². The van der Waals surface area contributed by atoms with Gasteiger partial charge in [0.2, 0.25) is 0 Å². The summed E-state index contributed by atoms with van der Waals surface area (Å²) in [6, 6.07) is 33.5. The molecule has 124 valence electrons. The molecule has 1 aliphatic rings. The van der Waals surface area contributed by atoms with Gasteiger partial charge in [0.1, 0.15) is 0 Å². The van der Waals surface area contributed by atoms with Crippen molar-refractivity contribution in [3.63, 3.8) is 0 Å². The van der Waals surface area contributed by atoms with Gasteiger partial charge >= 0.3 is 0 Å².